The Morgan fingerprint density at radius 2 is 2.00 bits per heavy atom. The van der Waals surface area contributed by atoms with Crippen LogP contribution in [0, 0.1) is 0 Å². The predicted molar refractivity (Wildman–Crippen MR) is 58.0 cm³/mol. The topological polar surface area (TPSA) is 32.3 Å². The van der Waals surface area contributed by atoms with Crippen LogP contribution in [0.3, 0.4) is 0 Å². The second-order valence-corrected chi connectivity index (χ2v) is 4.26. The van der Waals surface area contributed by atoms with Crippen LogP contribution in [0.4, 0.5) is 13.2 Å². The molecule has 6 heteroatoms. The van der Waals surface area contributed by atoms with Gasteiger partial charge in [-0.15, -0.1) is 0 Å². The van der Waals surface area contributed by atoms with E-state index in [9.17, 15) is 18.3 Å². The van der Waals surface area contributed by atoms with E-state index in [-0.39, 0.29) is 12.1 Å². The number of hydrogen-bond acceptors (Lipinski definition) is 2. The van der Waals surface area contributed by atoms with Crippen molar-refractivity contribution < 1.29 is 18.3 Å². The van der Waals surface area contributed by atoms with Gasteiger partial charge >= 0.3 is 6.18 Å². The highest BCUT2D eigenvalue weighted by atomic mass is 79.9. The summed E-state index contributed by atoms with van der Waals surface area (Å²) in [5, 5.41) is 12.3. The molecule has 16 heavy (non-hydrogen) atoms. The second kappa shape index (κ2) is 5.16. The van der Waals surface area contributed by atoms with E-state index >= 15 is 0 Å². The van der Waals surface area contributed by atoms with Gasteiger partial charge in [0, 0.05) is 11.0 Å². The van der Waals surface area contributed by atoms with Crippen molar-refractivity contribution in [2.75, 3.05) is 13.6 Å². The van der Waals surface area contributed by atoms with E-state index in [2.05, 4.69) is 21.2 Å². The van der Waals surface area contributed by atoms with Gasteiger partial charge < -0.3 is 10.4 Å². The molecule has 0 fully saturated rings. The van der Waals surface area contributed by atoms with Crippen LogP contribution < -0.4 is 5.32 Å². The molecule has 0 bridgehead atoms. The van der Waals surface area contributed by atoms with Crippen LogP contribution in [0.25, 0.3) is 0 Å². The van der Waals surface area contributed by atoms with Crippen molar-refractivity contribution in [1.29, 1.82) is 0 Å². The maximum Gasteiger partial charge on any atom is 0.416 e. The van der Waals surface area contributed by atoms with Crippen LogP contribution >= 0.6 is 15.9 Å². The van der Waals surface area contributed by atoms with Gasteiger partial charge in [-0.3, -0.25) is 0 Å². The van der Waals surface area contributed by atoms with Crippen molar-refractivity contribution in [3.63, 3.8) is 0 Å². The Labute approximate surface area is 99.6 Å². The Morgan fingerprint density at radius 3 is 2.50 bits per heavy atom. The summed E-state index contributed by atoms with van der Waals surface area (Å²) in [5.41, 5.74) is -0.539. The number of likely N-dealkylation sites (N-methyl/N-ethyl adjacent to an activating group) is 1. The summed E-state index contributed by atoms with van der Waals surface area (Å²) in [6.45, 7) is 0.202. The summed E-state index contributed by atoms with van der Waals surface area (Å²) in [5.74, 6) is 0. The zero-order valence-electron chi connectivity index (χ0n) is 8.48. The van der Waals surface area contributed by atoms with Crippen molar-refractivity contribution in [2.24, 2.45) is 0 Å². The van der Waals surface area contributed by atoms with Crippen LogP contribution in [-0.2, 0) is 6.18 Å². The molecule has 2 nitrogen and oxygen atoms in total. The zero-order chi connectivity index (χ0) is 12.3. The molecule has 1 rings (SSSR count). The second-order valence-electron chi connectivity index (χ2n) is 3.34. The average molecular weight is 298 g/mol. The molecular formula is C10H11BrF3NO. The van der Waals surface area contributed by atoms with Gasteiger partial charge in [-0.1, -0.05) is 15.9 Å². The fourth-order valence-electron chi connectivity index (χ4n) is 1.28. The molecule has 1 atom stereocenters. The number of halogens is 4. The van der Waals surface area contributed by atoms with E-state index in [0.717, 1.165) is 12.1 Å². The molecule has 1 aromatic carbocycles. The molecule has 0 heterocycles. The van der Waals surface area contributed by atoms with Gasteiger partial charge in [-0.2, -0.15) is 13.2 Å². The molecule has 0 aliphatic heterocycles. The fourth-order valence-corrected chi connectivity index (χ4v) is 1.79. The average Bonchev–Trinajstić information content (AvgIpc) is 2.16. The standard InChI is InChI=1S/C10H11BrF3NO/c1-15-5-9(16)6-2-7(10(12,13)14)4-8(11)3-6/h2-4,9,15-16H,5H2,1H3. The minimum atomic E-state index is -4.40. The summed E-state index contributed by atoms with van der Waals surface area (Å²) in [6, 6.07) is 3.40. The molecule has 0 aliphatic carbocycles. The normalized spacial score (nSPS) is 13.9. The Bertz CT molecular complexity index is 368. The first-order valence-corrected chi connectivity index (χ1v) is 5.34. The van der Waals surface area contributed by atoms with E-state index in [0.29, 0.717) is 4.47 Å². The fraction of sp³-hybridized carbons (Fsp3) is 0.400. The molecule has 0 saturated heterocycles. The molecular weight excluding hydrogens is 287 g/mol. The lowest BCUT2D eigenvalue weighted by Gasteiger charge is -2.14. The largest absolute Gasteiger partial charge is 0.416 e. The third kappa shape index (κ3) is 3.47. The number of nitrogens with one attached hydrogen (secondary N) is 1. The predicted octanol–water partition coefficient (Wildman–Crippen LogP) is 2.72. The van der Waals surface area contributed by atoms with Crippen LogP contribution in [0.5, 0.6) is 0 Å². The Kier molecular flexibility index (Phi) is 4.35. The number of rotatable bonds is 3. The van der Waals surface area contributed by atoms with Crippen LogP contribution in [-0.4, -0.2) is 18.7 Å². The number of alkyl halides is 3. The number of aliphatic hydroxyl groups excluding tert-OH is 1. The smallest absolute Gasteiger partial charge is 0.387 e. The maximum absolute atomic E-state index is 12.5. The van der Waals surface area contributed by atoms with E-state index < -0.39 is 17.8 Å². The molecule has 0 radical (unpaired) electrons. The zero-order valence-corrected chi connectivity index (χ0v) is 10.1. The molecule has 0 aliphatic rings. The lowest BCUT2D eigenvalue weighted by atomic mass is 10.1. The third-order valence-corrected chi connectivity index (χ3v) is 2.49. The highest BCUT2D eigenvalue weighted by Gasteiger charge is 2.31. The summed E-state index contributed by atoms with van der Waals surface area (Å²) in [7, 11) is 1.62. The molecule has 90 valence electrons. The van der Waals surface area contributed by atoms with Crippen molar-refractivity contribution in [2.45, 2.75) is 12.3 Å². The maximum atomic E-state index is 12.5. The van der Waals surface area contributed by atoms with Crippen molar-refractivity contribution >= 4 is 15.9 Å². The number of aliphatic hydroxyl groups is 1. The van der Waals surface area contributed by atoms with Crippen molar-refractivity contribution in [3.8, 4) is 0 Å². The van der Waals surface area contributed by atoms with Crippen molar-refractivity contribution in [3.05, 3.63) is 33.8 Å². The lowest BCUT2D eigenvalue weighted by molar-refractivity contribution is -0.137. The summed E-state index contributed by atoms with van der Waals surface area (Å²) in [6.07, 6.45) is -5.36. The van der Waals surface area contributed by atoms with Gasteiger partial charge in [-0.05, 0) is 30.8 Å². The highest BCUT2D eigenvalue weighted by molar-refractivity contribution is 9.10. The first-order chi connectivity index (χ1) is 7.34. The molecule has 0 aromatic heterocycles. The van der Waals surface area contributed by atoms with Gasteiger partial charge in [0.15, 0.2) is 0 Å². The van der Waals surface area contributed by atoms with E-state index in [1.54, 1.807) is 7.05 Å². The third-order valence-electron chi connectivity index (χ3n) is 2.03. The number of hydrogen-bond donors (Lipinski definition) is 2. The molecule has 1 unspecified atom stereocenters. The summed E-state index contributed by atoms with van der Waals surface area (Å²) in [4.78, 5) is 0. The summed E-state index contributed by atoms with van der Waals surface area (Å²) >= 11 is 2.99. The van der Waals surface area contributed by atoms with Crippen molar-refractivity contribution in [1.82, 2.24) is 5.32 Å². The minimum Gasteiger partial charge on any atom is -0.387 e. The van der Waals surface area contributed by atoms with Gasteiger partial charge in [0.2, 0.25) is 0 Å². The van der Waals surface area contributed by atoms with E-state index in [4.69, 9.17) is 0 Å². The first kappa shape index (κ1) is 13.5. The van der Waals surface area contributed by atoms with Gasteiger partial charge in [0.05, 0.1) is 11.7 Å². The summed E-state index contributed by atoms with van der Waals surface area (Å²) < 4.78 is 37.7. The van der Waals surface area contributed by atoms with Crippen LogP contribution in [0.15, 0.2) is 22.7 Å². The molecule has 1 aromatic rings. The highest BCUT2D eigenvalue weighted by Crippen LogP contribution is 2.33. The first-order valence-electron chi connectivity index (χ1n) is 4.55. The minimum absolute atomic E-state index is 0.202. The Morgan fingerprint density at radius 1 is 1.38 bits per heavy atom. The lowest BCUT2D eigenvalue weighted by Crippen LogP contribution is -2.17. The van der Waals surface area contributed by atoms with Gasteiger partial charge in [0.25, 0.3) is 0 Å². The molecule has 2 N–H and O–H groups in total. The Balaban J connectivity index is 3.08. The monoisotopic (exact) mass is 297 g/mol. The Hall–Kier alpha value is -0.590. The van der Waals surface area contributed by atoms with Crippen LogP contribution in [0.2, 0.25) is 0 Å². The molecule has 0 amide bonds. The number of benzene rings is 1. The van der Waals surface area contributed by atoms with Crippen LogP contribution in [0.1, 0.15) is 17.2 Å². The van der Waals surface area contributed by atoms with Gasteiger partial charge in [-0.25, -0.2) is 0 Å². The molecule has 0 spiro atoms. The molecule has 0 saturated carbocycles. The SMILES string of the molecule is CNCC(O)c1cc(Br)cc(C(F)(F)F)c1. The quantitative estimate of drug-likeness (QED) is 0.899. The van der Waals surface area contributed by atoms with Gasteiger partial charge in [0.1, 0.15) is 0 Å². The van der Waals surface area contributed by atoms with E-state index in [1.807, 2.05) is 0 Å². The van der Waals surface area contributed by atoms with E-state index in [1.165, 1.54) is 6.07 Å².